The molecule has 0 amide bonds. The molecular formula is C16H25NO3Si. The average molecular weight is 307 g/mol. The SMILES string of the molecule is CCOC(OCC)[Si]CCCN1COc2ccccc2C1. The van der Waals surface area contributed by atoms with Crippen molar-refractivity contribution in [3.8, 4) is 5.75 Å². The molecule has 5 heteroatoms. The van der Waals surface area contributed by atoms with Gasteiger partial charge in [0.15, 0.2) is 0 Å². The van der Waals surface area contributed by atoms with Crippen molar-refractivity contribution in [2.24, 2.45) is 0 Å². The first-order chi connectivity index (χ1) is 10.3. The van der Waals surface area contributed by atoms with Crippen LogP contribution >= 0.6 is 0 Å². The van der Waals surface area contributed by atoms with Crippen molar-refractivity contribution in [3.05, 3.63) is 29.8 Å². The lowest BCUT2D eigenvalue weighted by Gasteiger charge is -2.28. The van der Waals surface area contributed by atoms with Crippen molar-refractivity contribution < 1.29 is 14.2 Å². The number of fused-ring (bicyclic) bond motifs is 1. The number of rotatable bonds is 9. The summed E-state index contributed by atoms with van der Waals surface area (Å²) < 4.78 is 16.9. The number of ether oxygens (including phenoxy) is 3. The Morgan fingerprint density at radius 1 is 1.24 bits per heavy atom. The number of hydrogen-bond acceptors (Lipinski definition) is 4. The first kappa shape index (κ1) is 16.5. The van der Waals surface area contributed by atoms with E-state index in [0.717, 1.165) is 31.3 Å². The van der Waals surface area contributed by atoms with Gasteiger partial charge < -0.3 is 14.2 Å². The Bertz CT molecular complexity index is 410. The smallest absolute Gasteiger partial charge is 0.142 e. The van der Waals surface area contributed by atoms with Crippen molar-refractivity contribution in [1.29, 1.82) is 0 Å². The Labute approximate surface area is 130 Å². The fourth-order valence-corrected chi connectivity index (χ4v) is 3.52. The molecule has 1 aromatic rings. The molecule has 0 spiro atoms. The Morgan fingerprint density at radius 3 is 2.76 bits per heavy atom. The summed E-state index contributed by atoms with van der Waals surface area (Å²) in [6.07, 6.45) is 1.15. The van der Waals surface area contributed by atoms with Crippen LogP contribution in [0, 0.1) is 0 Å². The lowest BCUT2D eigenvalue weighted by molar-refractivity contribution is -0.0828. The zero-order chi connectivity index (χ0) is 14.9. The first-order valence-electron chi connectivity index (χ1n) is 7.73. The van der Waals surface area contributed by atoms with E-state index in [1.54, 1.807) is 0 Å². The highest BCUT2D eigenvalue weighted by molar-refractivity contribution is 6.36. The lowest BCUT2D eigenvalue weighted by atomic mass is 10.1. The molecule has 2 rings (SSSR count). The molecule has 1 aromatic carbocycles. The second-order valence-electron chi connectivity index (χ2n) is 4.98. The molecule has 0 saturated heterocycles. The first-order valence-corrected chi connectivity index (χ1v) is 9.01. The molecule has 0 unspecified atom stereocenters. The average Bonchev–Trinajstić information content (AvgIpc) is 2.52. The van der Waals surface area contributed by atoms with Gasteiger partial charge >= 0.3 is 0 Å². The molecule has 2 radical (unpaired) electrons. The normalized spacial score (nSPS) is 15.0. The maximum atomic E-state index is 5.77. The second-order valence-corrected chi connectivity index (χ2v) is 6.36. The Hall–Kier alpha value is -0.883. The van der Waals surface area contributed by atoms with Crippen LogP contribution in [0.1, 0.15) is 25.8 Å². The molecule has 1 heterocycles. The highest BCUT2D eigenvalue weighted by Gasteiger charge is 2.16. The van der Waals surface area contributed by atoms with Crippen LogP contribution in [0.4, 0.5) is 0 Å². The highest BCUT2D eigenvalue weighted by Crippen LogP contribution is 2.24. The summed E-state index contributed by atoms with van der Waals surface area (Å²) in [6, 6.07) is 9.42. The fraction of sp³-hybridized carbons (Fsp3) is 0.625. The molecule has 0 atom stereocenters. The van der Waals surface area contributed by atoms with E-state index in [9.17, 15) is 0 Å². The van der Waals surface area contributed by atoms with Crippen LogP contribution in [0.5, 0.6) is 5.75 Å². The van der Waals surface area contributed by atoms with Crippen molar-refractivity contribution in [2.45, 2.75) is 38.8 Å². The molecule has 116 valence electrons. The van der Waals surface area contributed by atoms with Gasteiger partial charge in [0.1, 0.15) is 27.9 Å². The summed E-state index contributed by atoms with van der Waals surface area (Å²) in [5.74, 6) is 1.02. The van der Waals surface area contributed by atoms with Crippen molar-refractivity contribution >= 4 is 9.52 Å². The maximum absolute atomic E-state index is 5.77. The zero-order valence-corrected chi connectivity index (χ0v) is 14.0. The molecule has 1 aliphatic heterocycles. The van der Waals surface area contributed by atoms with E-state index >= 15 is 0 Å². The van der Waals surface area contributed by atoms with E-state index in [-0.39, 0.29) is 5.91 Å². The molecular weight excluding hydrogens is 282 g/mol. The Balaban J connectivity index is 1.65. The molecule has 1 aliphatic rings. The third-order valence-electron chi connectivity index (χ3n) is 3.37. The van der Waals surface area contributed by atoms with Gasteiger partial charge in [-0.2, -0.15) is 0 Å². The maximum Gasteiger partial charge on any atom is 0.142 e. The number of nitrogens with zero attached hydrogens (tertiary/aromatic N) is 1. The number of benzene rings is 1. The van der Waals surface area contributed by atoms with Gasteiger partial charge in [0.25, 0.3) is 0 Å². The second kappa shape index (κ2) is 9.20. The van der Waals surface area contributed by atoms with E-state index in [0.29, 0.717) is 29.5 Å². The van der Waals surface area contributed by atoms with Crippen LogP contribution in [0.2, 0.25) is 6.04 Å². The van der Waals surface area contributed by atoms with Crippen LogP contribution in [-0.4, -0.2) is 46.8 Å². The Kier molecular flexibility index (Phi) is 7.22. The predicted molar refractivity (Wildman–Crippen MR) is 84.6 cm³/mol. The lowest BCUT2D eigenvalue weighted by Crippen LogP contribution is -2.33. The fourth-order valence-electron chi connectivity index (χ4n) is 2.36. The molecule has 0 fully saturated rings. The van der Waals surface area contributed by atoms with E-state index in [4.69, 9.17) is 14.2 Å². The predicted octanol–water partition coefficient (Wildman–Crippen LogP) is 2.71. The summed E-state index contributed by atoms with van der Waals surface area (Å²) in [4.78, 5) is 2.35. The highest BCUT2D eigenvalue weighted by atomic mass is 28.2. The molecule has 0 N–H and O–H groups in total. The molecule has 21 heavy (non-hydrogen) atoms. The minimum Gasteiger partial charge on any atom is -0.478 e. The van der Waals surface area contributed by atoms with Crippen LogP contribution in [0.25, 0.3) is 0 Å². The zero-order valence-electron chi connectivity index (χ0n) is 13.0. The summed E-state index contributed by atoms with van der Waals surface area (Å²) >= 11 is 0. The van der Waals surface area contributed by atoms with Crippen molar-refractivity contribution in [3.63, 3.8) is 0 Å². The van der Waals surface area contributed by atoms with Gasteiger partial charge in [-0.25, -0.2) is 0 Å². The quantitative estimate of drug-likeness (QED) is 0.399. The summed E-state index contributed by atoms with van der Waals surface area (Å²) in [5, 5.41) is 0. The standard InChI is InChI=1S/C16H25NO3Si/c1-3-18-16(19-4-2)21-11-7-10-17-12-14-8-5-6-9-15(14)20-13-17/h5-6,8-9,16H,3-4,7,10-13H2,1-2H3. The van der Waals surface area contributed by atoms with E-state index < -0.39 is 0 Å². The molecule has 0 bridgehead atoms. The van der Waals surface area contributed by atoms with Gasteiger partial charge in [0, 0.05) is 31.9 Å². The Morgan fingerprint density at radius 2 is 2.00 bits per heavy atom. The monoisotopic (exact) mass is 307 g/mol. The van der Waals surface area contributed by atoms with Gasteiger partial charge in [-0.1, -0.05) is 24.2 Å². The largest absolute Gasteiger partial charge is 0.478 e. The minimum absolute atomic E-state index is 0.0154. The van der Waals surface area contributed by atoms with Crippen LogP contribution < -0.4 is 4.74 Å². The van der Waals surface area contributed by atoms with Gasteiger partial charge in [-0.15, -0.1) is 0 Å². The topological polar surface area (TPSA) is 30.9 Å². The van der Waals surface area contributed by atoms with E-state index in [1.165, 1.54) is 5.56 Å². The molecule has 0 saturated carbocycles. The van der Waals surface area contributed by atoms with Crippen LogP contribution in [0.15, 0.2) is 24.3 Å². The summed E-state index contributed by atoms with van der Waals surface area (Å²) in [5.41, 5.74) is 1.28. The molecule has 0 aromatic heterocycles. The van der Waals surface area contributed by atoms with Gasteiger partial charge in [0.2, 0.25) is 0 Å². The van der Waals surface area contributed by atoms with Crippen LogP contribution in [-0.2, 0) is 16.0 Å². The van der Waals surface area contributed by atoms with Gasteiger partial charge in [-0.3, -0.25) is 4.90 Å². The summed E-state index contributed by atoms with van der Waals surface area (Å²) in [6.45, 7) is 8.20. The van der Waals surface area contributed by atoms with E-state index in [2.05, 4.69) is 17.0 Å². The molecule has 0 aliphatic carbocycles. The van der Waals surface area contributed by atoms with Crippen molar-refractivity contribution in [2.75, 3.05) is 26.5 Å². The van der Waals surface area contributed by atoms with E-state index in [1.807, 2.05) is 26.0 Å². The number of para-hydroxylation sites is 1. The van der Waals surface area contributed by atoms with Gasteiger partial charge in [-0.05, 0) is 26.3 Å². The third kappa shape index (κ3) is 5.43. The third-order valence-corrected chi connectivity index (χ3v) is 4.68. The number of hydrogen-bond donors (Lipinski definition) is 0. The van der Waals surface area contributed by atoms with Gasteiger partial charge in [0.05, 0.1) is 0 Å². The molecule has 4 nitrogen and oxygen atoms in total. The minimum atomic E-state index is -0.0154. The summed E-state index contributed by atoms with van der Waals surface area (Å²) in [7, 11) is 0.709. The van der Waals surface area contributed by atoms with Crippen molar-refractivity contribution in [1.82, 2.24) is 4.90 Å². The van der Waals surface area contributed by atoms with Crippen LogP contribution in [0.3, 0.4) is 0 Å².